The van der Waals surface area contributed by atoms with E-state index in [4.69, 9.17) is 11.6 Å². The summed E-state index contributed by atoms with van der Waals surface area (Å²) in [5, 5.41) is 0.909. The molecule has 0 saturated carbocycles. The van der Waals surface area contributed by atoms with Gasteiger partial charge in [-0.1, -0.05) is 35.9 Å². The molecule has 1 aliphatic carbocycles. The van der Waals surface area contributed by atoms with Crippen LogP contribution in [0.4, 0.5) is 0 Å². The van der Waals surface area contributed by atoms with Crippen LogP contribution in [0.3, 0.4) is 0 Å². The van der Waals surface area contributed by atoms with E-state index in [1.165, 1.54) is 11.1 Å². The molecular formula is C10H9Cl. The number of benzene rings is 1. The maximum atomic E-state index is 6.01. The van der Waals surface area contributed by atoms with Crippen LogP contribution in [0.5, 0.6) is 0 Å². The van der Waals surface area contributed by atoms with E-state index in [2.05, 4.69) is 18.2 Å². The SMILES string of the molecule is Clc1cccc2c1CC=CC2. The van der Waals surface area contributed by atoms with Crippen molar-refractivity contribution in [1.29, 1.82) is 0 Å². The van der Waals surface area contributed by atoms with Gasteiger partial charge in [-0.2, -0.15) is 0 Å². The molecule has 1 aromatic rings. The third kappa shape index (κ3) is 1.19. The van der Waals surface area contributed by atoms with E-state index in [1.807, 2.05) is 12.1 Å². The van der Waals surface area contributed by atoms with Crippen molar-refractivity contribution >= 4 is 11.6 Å². The summed E-state index contributed by atoms with van der Waals surface area (Å²) in [4.78, 5) is 0. The highest BCUT2D eigenvalue weighted by Gasteiger charge is 2.06. The molecule has 0 aliphatic heterocycles. The number of fused-ring (bicyclic) bond motifs is 1. The van der Waals surface area contributed by atoms with Gasteiger partial charge in [0, 0.05) is 5.02 Å². The highest BCUT2D eigenvalue weighted by Crippen LogP contribution is 2.24. The Morgan fingerprint density at radius 2 is 1.91 bits per heavy atom. The predicted octanol–water partition coefficient (Wildman–Crippen LogP) is 2.99. The Morgan fingerprint density at radius 3 is 2.73 bits per heavy atom. The first-order valence-corrected chi connectivity index (χ1v) is 4.17. The highest BCUT2D eigenvalue weighted by molar-refractivity contribution is 6.31. The fraction of sp³-hybridized carbons (Fsp3) is 0.200. The van der Waals surface area contributed by atoms with Crippen LogP contribution in [0, 0.1) is 0 Å². The third-order valence-electron chi connectivity index (χ3n) is 2.04. The van der Waals surface area contributed by atoms with Crippen LogP contribution < -0.4 is 0 Å². The minimum atomic E-state index is 0.909. The summed E-state index contributed by atoms with van der Waals surface area (Å²) >= 11 is 6.01. The summed E-state index contributed by atoms with van der Waals surface area (Å²) in [7, 11) is 0. The molecular weight excluding hydrogens is 156 g/mol. The number of rotatable bonds is 0. The second-order valence-electron chi connectivity index (χ2n) is 2.76. The van der Waals surface area contributed by atoms with Gasteiger partial charge in [0.1, 0.15) is 0 Å². The van der Waals surface area contributed by atoms with Gasteiger partial charge in [-0.3, -0.25) is 0 Å². The van der Waals surface area contributed by atoms with Crippen molar-refractivity contribution in [3.8, 4) is 0 Å². The number of hydrogen-bond acceptors (Lipinski definition) is 0. The summed E-state index contributed by atoms with van der Waals surface area (Å²) in [6.45, 7) is 0. The standard InChI is InChI=1S/C10H9Cl/c11-10-7-3-5-8-4-1-2-6-9(8)10/h1-3,5,7H,4,6H2. The first-order valence-electron chi connectivity index (χ1n) is 3.79. The monoisotopic (exact) mass is 164 g/mol. The van der Waals surface area contributed by atoms with Gasteiger partial charge in [-0.05, 0) is 30.0 Å². The van der Waals surface area contributed by atoms with Gasteiger partial charge in [0.05, 0.1) is 0 Å². The van der Waals surface area contributed by atoms with Crippen molar-refractivity contribution in [3.63, 3.8) is 0 Å². The van der Waals surface area contributed by atoms with Gasteiger partial charge < -0.3 is 0 Å². The first kappa shape index (κ1) is 6.93. The van der Waals surface area contributed by atoms with Crippen molar-refractivity contribution in [2.75, 3.05) is 0 Å². The predicted molar refractivity (Wildman–Crippen MR) is 48.0 cm³/mol. The van der Waals surface area contributed by atoms with E-state index in [9.17, 15) is 0 Å². The van der Waals surface area contributed by atoms with Crippen molar-refractivity contribution in [2.45, 2.75) is 12.8 Å². The fourth-order valence-corrected chi connectivity index (χ4v) is 1.71. The Balaban J connectivity index is 2.54. The molecule has 0 N–H and O–H groups in total. The Morgan fingerprint density at radius 1 is 1.09 bits per heavy atom. The molecule has 0 unspecified atom stereocenters. The molecule has 0 bridgehead atoms. The molecule has 2 rings (SSSR count). The van der Waals surface area contributed by atoms with E-state index in [1.54, 1.807) is 0 Å². The smallest absolute Gasteiger partial charge is 0.0444 e. The van der Waals surface area contributed by atoms with E-state index < -0.39 is 0 Å². The van der Waals surface area contributed by atoms with Crippen LogP contribution in [0.15, 0.2) is 30.4 Å². The first-order chi connectivity index (χ1) is 5.38. The van der Waals surface area contributed by atoms with Gasteiger partial charge >= 0.3 is 0 Å². The molecule has 0 fully saturated rings. The summed E-state index contributed by atoms with van der Waals surface area (Å²) in [5.41, 5.74) is 2.68. The van der Waals surface area contributed by atoms with E-state index in [0.29, 0.717) is 0 Å². The van der Waals surface area contributed by atoms with Crippen molar-refractivity contribution in [2.24, 2.45) is 0 Å². The van der Waals surface area contributed by atoms with Crippen LogP contribution in [0.25, 0.3) is 0 Å². The molecule has 0 aromatic heterocycles. The number of hydrogen-bond donors (Lipinski definition) is 0. The summed E-state index contributed by atoms with van der Waals surface area (Å²) in [6, 6.07) is 6.12. The Kier molecular flexibility index (Phi) is 1.71. The topological polar surface area (TPSA) is 0 Å². The second kappa shape index (κ2) is 2.71. The molecule has 0 heterocycles. The molecule has 56 valence electrons. The second-order valence-corrected chi connectivity index (χ2v) is 3.16. The zero-order chi connectivity index (χ0) is 7.68. The molecule has 0 atom stereocenters. The summed E-state index contributed by atoms with van der Waals surface area (Å²) < 4.78 is 0. The molecule has 0 radical (unpaired) electrons. The molecule has 1 aromatic carbocycles. The molecule has 0 saturated heterocycles. The van der Waals surface area contributed by atoms with Crippen LogP contribution in [0.2, 0.25) is 5.02 Å². The van der Waals surface area contributed by atoms with Crippen molar-refractivity contribution in [1.82, 2.24) is 0 Å². The lowest BCUT2D eigenvalue weighted by Gasteiger charge is -2.11. The van der Waals surface area contributed by atoms with Crippen molar-refractivity contribution < 1.29 is 0 Å². The minimum absolute atomic E-state index is 0.909. The minimum Gasteiger partial charge on any atom is -0.0840 e. The summed E-state index contributed by atoms with van der Waals surface area (Å²) in [5.74, 6) is 0. The largest absolute Gasteiger partial charge is 0.0840 e. The average molecular weight is 165 g/mol. The molecule has 1 aliphatic rings. The highest BCUT2D eigenvalue weighted by atomic mass is 35.5. The van der Waals surface area contributed by atoms with Gasteiger partial charge in [-0.25, -0.2) is 0 Å². The van der Waals surface area contributed by atoms with Crippen LogP contribution in [-0.2, 0) is 12.8 Å². The quantitative estimate of drug-likeness (QED) is 0.518. The van der Waals surface area contributed by atoms with E-state index in [-0.39, 0.29) is 0 Å². The van der Waals surface area contributed by atoms with E-state index >= 15 is 0 Å². The fourth-order valence-electron chi connectivity index (χ4n) is 1.43. The Labute approximate surface area is 71.5 Å². The number of halogens is 1. The van der Waals surface area contributed by atoms with Gasteiger partial charge in [0.2, 0.25) is 0 Å². The normalized spacial score (nSPS) is 14.6. The Hall–Kier alpha value is -0.750. The van der Waals surface area contributed by atoms with Gasteiger partial charge in [0.15, 0.2) is 0 Å². The van der Waals surface area contributed by atoms with Gasteiger partial charge in [-0.15, -0.1) is 0 Å². The lowest BCUT2D eigenvalue weighted by atomic mass is 9.97. The lowest BCUT2D eigenvalue weighted by molar-refractivity contribution is 1.09. The van der Waals surface area contributed by atoms with Crippen LogP contribution in [0.1, 0.15) is 11.1 Å². The molecule has 0 spiro atoms. The number of allylic oxidation sites excluding steroid dienone is 2. The maximum Gasteiger partial charge on any atom is 0.0444 e. The van der Waals surface area contributed by atoms with Crippen molar-refractivity contribution in [3.05, 3.63) is 46.5 Å². The lowest BCUT2D eigenvalue weighted by Crippen LogP contribution is -1.97. The third-order valence-corrected chi connectivity index (χ3v) is 2.40. The average Bonchev–Trinajstić information content (AvgIpc) is 2.06. The van der Waals surface area contributed by atoms with Crippen LogP contribution in [-0.4, -0.2) is 0 Å². The maximum absolute atomic E-state index is 6.01. The Bertz CT molecular complexity index is 300. The zero-order valence-corrected chi connectivity index (χ0v) is 6.93. The zero-order valence-electron chi connectivity index (χ0n) is 6.18. The molecule has 11 heavy (non-hydrogen) atoms. The molecule has 1 heteroatoms. The molecule has 0 amide bonds. The van der Waals surface area contributed by atoms with E-state index in [0.717, 1.165) is 17.9 Å². The summed E-state index contributed by atoms with van der Waals surface area (Å²) in [6.07, 6.45) is 6.40. The van der Waals surface area contributed by atoms with Crippen LogP contribution >= 0.6 is 11.6 Å². The van der Waals surface area contributed by atoms with Gasteiger partial charge in [0.25, 0.3) is 0 Å². The molecule has 0 nitrogen and oxygen atoms in total.